The van der Waals surface area contributed by atoms with Crippen LogP contribution in [-0.2, 0) is 22.9 Å². The van der Waals surface area contributed by atoms with Crippen LogP contribution < -0.4 is 10.2 Å². The third kappa shape index (κ3) is 5.42. The Morgan fingerprint density at radius 1 is 1.30 bits per heavy atom. The van der Waals surface area contributed by atoms with Crippen LogP contribution in [0.25, 0.3) is 0 Å². The van der Waals surface area contributed by atoms with Crippen molar-refractivity contribution in [2.45, 2.75) is 52.5 Å². The molecule has 1 aromatic rings. The van der Waals surface area contributed by atoms with Gasteiger partial charge in [-0.05, 0) is 38.3 Å². The van der Waals surface area contributed by atoms with Crippen molar-refractivity contribution >= 4 is 21.7 Å². The first kappa shape index (κ1) is 21.6. The fourth-order valence-corrected chi connectivity index (χ4v) is 4.83. The summed E-state index contributed by atoms with van der Waals surface area (Å²) in [6, 6.07) is 1.92. The number of rotatable bonds is 7. The minimum Gasteiger partial charge on any atom is -0.362 e. The second-order valence-electron chi connectivity index (χ2n) is 7.56. The van der Waals surface area contributed by atoms with Crippen LogP contribution in [0.2, 0.25) is 0 Å². The summed E-state index contributed by atoms with van der Waals surface area (Å²) in [5, 5.41) is 2.92. The lowest BCUT2D eigenvalue weighted by atomic mass is 10.0. The predicted octanol–water partition coefficient (Wildman–Crippen LogP) is 1.82. The third-order valence-corrected chi connectivity index (χ3v) is 6.59. The minimum atomic E-state index is -3.24. The Morgan fingerprint density at radius 2 is 1.96 bits per heavy atom. The topological polar surface area (TPSA) is 82.6 Å². The molecule has 0 atom stereocenters. The molecular weight excluding hydrogens is 364 g/mol. The van der Waals surface area contributed by atoms with E-state index in [1.54, 1.807) is 4.31 Å². The first-order valence-corrected chi connectivity index (χ1v) is 11.3. The number of anilines is 1. The zero-order valence-corrected chi connectivity index (χ0v) is 17.9. The van der Waals surface area contributed by atoms with Crippen LogP contribution >= 0.6 is 0 Å². The molecule has 2 heterocycles. The summed E-state index contributed by atoms with van der Waals surface area (Å²) in [6.45, 7) is 6.71. The fourth-order valence-electron chi connectivity index (χ4n) is 3.18. The highest BCUT2D eigenvalue weighted by Gasteiger charge is 2.27. The number of carbonyl (C=O) groups excluding carboxylic acids is 1. The molecule has 0 aliphatic carbocycles. The van der Waals surface area contributed by atoms with Gasteiger partial charge in [-0.1, -0.05) is 13.3 Å². The van der Waals surface area contributed by atoms with Gasteiger partial charge in [-0.2, -0.15) is 0 Å². The molecule has 1 aliphatic rings. The van der Waals surface area contributed by atoms with Gasteiger partial charge in [0, 0.05) is 45.3 Å². The van der Waals surface area contributed by atoms with Gasteiger partial charge in [-0.3, -0.25) is 4.79 Å². The number of pyridine rings is 1. The second-order valence-corrected chi connectivity index (χ2v) is 9.65. The molecule has 1 amide bonds. The van der Waals surface area contributed by atoms with E-state index in [2.05, 4.69) is 5.32 Å². The first-order chi connectivity index (χ1) is 12.7. The van der Waals surface area contributed by atoms with Gasteiger partial charge in [-0.25, -0.2) is 17.7 Å². The van der Waals surface area contributed by atoms with Gasteiger partial charge in [0.2, 0.25) is 10.0 Å². The quantitative estimate of drug-likeness (QED) is 0.760. The maximum absolute atomic E-state index is 12.6. The van der Waals surface area contributed by atoms with Crippen molar-refractivity contribution in [1.82, 2.24) is 14.6 Å². The van der Waals surface area contributed by atoms with E-state index in [0.717, 1.165) is 17.7 Å². The summed E-state index contributed by atoms with van der Waals surface area (Å²) in [4.78, 5) is 19.2. The molecule has 27 heavy (non-hydrogen) atoms. The lowest BCUT2D eigenvalue weighted by molar-refractivity contribution is 0.0943. The number of hydrogen-bond acceptors (Lipinski definition) is 5. The van der Waals surface area contributed by atoms with E-state index in [4.69, 9.17) is 4.98 Å². The van der Waals surface area contributed by atoms with Crippen LogP contribution in [0.3, 0.4) is 0 Å². The van der Waals surface area contributed by atoms with Crippen molar-refractivity contribution in [2.24, 2.45) is 0 Å². The number of unbranched alkanes of at least 4 members (excludes halogenated alkanes) is 1. The number of nitrogens with one attached hydrogen (secondary N) is 1. The van der Waals surface area contributed by atoms with Crippen molar-refractivity contribution in [1.29, 1.82) is 0 Å². The Kier molecular flexibility index (Phi) is 7.22. The highest BCUT2D eigenvalue weighted by atomic mass is 32.2. The number of carbonyl (C=O) groups is 1. The summed E-state index contributed by atoms with van der Waals surface area (Å²) >= 11 is 0. The number of hydrogen-bond donors (Lipinski definition) is 1. The SMILES string of the molecule is CCCCS(=O)(=O)N1CCc2cc(C(=O)NC(C)C)c(N(C)C)nc2CC1. The number of nitrogens with zero attached hydrogens (tertiary/aromatic N) is 3. The van der Waals surface area contributed by atoms with E-state index < -0.39 is 10.0 Å². The molecule has 0 spiro atoms. The third-order valence-electron chi connectivity index (χ3n) is 4.64. The molecule has 0 radical (unpaired) electrons. The van der Waals surface area contributed by atoms with Gasteiger partial charge >= 0.3 is 0 Å². The maximum atomic E-state index is 12.6. The van der Waals surface area contributed by atoms with Gasteiger partial charge in [0.15, 0.2) is 0 Å². The monoisotopic (exact) mass is 396 g/mol. The van der Waals surface area contributed by atoms with Gasteiger partial charge < -0.3 is 10.2 Å². The summed E-state index contributed by atoms with van der Waals surface area (Å²) < 4.78 is 26.7. The van der Waals surface area contributed by atoms with E-state index in [9.17, 15) is 13.2 Å². The van der Waals surface area contributed by atoms with E-state index >= 15 is 0 Å². The summed E-state index contributed by atoms with van der Waals surface area (Å²) in [6.07, 6.45) is 2.67. The van der Waals surface area contributed by atoms with E-state index in [-0.39, 0.29) is 17.7 Å². The van der Waals surface area contributed by atoms with Gasteiger partial charge in [0.1, 0.15) is 5.82 Å². The molecule has 0 bridgehead atoms. The Morgan fingerprint density at radius 3 is 2.56 bits per heavy atom. The Balaban J connectivity index is 2.31. The van der Waals surface area contributed by atoms with Crippen LogP contribution in [0.15, 0.2) is 6.07 Å². The molecule has 0 unspecified atom stereocenters. The highest BCUT2D eigenvalue weighted by molar-refractivity contribution is 7.89. The summed E-state index contributed by atoms with van der Waals surface area (Å²) in [5.41, 5.74) is 2.38. The van der Waals surface area contributed by atoms with E-state index in [1.165, 1.54) is 0 Å². The first-order valence-electron chi connectivity index (χ1n) is 9.64. The molecule has 0 saturated heterocycles. The van der Waals surface area contributed by atoms with Gasteiger partial charge in [-0.15, -0.1) is 0 Å². The molecule has 0 saturated carbocycles. The average Bonchev–Trinajstić information content (AvgIpc) is 2.80. The average molecular weight is 397 g/mol. The standard InChI is InChI=1S/C19H32N4O3S/c1-6-7-12-27(25,26)23-10-8-15-13-16(19(24)20-14(2)3)18(22(4)5)21-17(15)9-11-23/h13-14H,6-12H2,1-5H3,(H,20,24). The van der Waals surface area contributed by atoms with Crippen molar-refractivity contribution in [3.8, 4) is 0 Å². The molecule has 1 N–H and O–H groups in total. The largest absolute Gasteiger partial charge is 0.362 e. The van der Waals surface area contributed by atoms with Crippen LogP contribution in [0, 0.1) is 0 Å². The zero-order valence-electron chi connectivity index (χ0n) is 17.1. The number of fused-ring (bicyclic) bond motifs is 1. The highest BCUT2D eigenvalue weighted by Crippen LogP contribution is 2.24. The van der Waals surface area contributed by atoms with Crippen LogP contribution in [0.4, 0.5) is 5.82 Å². The molecule has 0 fully saturated rings. The molecule has 7 nitrogen and oxygen atoms in total. The van der Waals surface area contributed by atoms with Crippen molar-refractivity contribution in [3.05, 3.63) is 22.9 Å². The van der Waals surface area contributed by atoms with E-state index in [0.29, 0.717) is 43.7 Å². The van der Waals surface area contributed by atoms with Crippen LogP contribution in [0.1, 0.15) is 55.2 Å². The maximum Gasteiger partial charge on any atom is 0.255 e. The van der Waals surface area contributed by atoms with Gasteiger partial charge in [0.05, 0.1) is 11.3 Å². The Hall–Kier alpha value is -1.67. The molecule has 1 aromatic heterocycles. The number of sulfonamides is 1. The predicted molar refractivity (Wildman–Crippen MR) is 109 cm³/mol. The van der Waals surface area contributed by atoms with Crippen LogP contribution in [0.5, 0.6) is 0 Å². The molecule has 152 valence electrons. The minimum absolute atomic E-state index is 0.0329. The second kappa shape index (κ2) is 9.01. The van der Waals surface area contributed by atoms with Gasteiger partial charge in [0.25, 0.3) is 5.91 Å². The van der Waals surface area contributed by atoms with Crippen LogP contribution in [-0.4, -0.2) is 62.6 Å². The molecule has 1 aliphatic heterocycles. The normalized spacial score (nSPS) is 15.3. The van der Waals surface area contributed by atoms with Crippen molar-refractivity contribution in [2.75, 3.05) is 37.8 Å². The summed E-state index contributed by atoms with van der Waals surface area (Å²) in [5.74, 6) is 0.660. The van der Waals surface area contributed by atoms with Crippen molar-refractivity contribution in [3.63, 3.8) is 0 Å². The number of amides is 1. The molecule has 2 rings (SSSR count). The lowest BCUT2D eigenvalue weighted by Gasteiger charge is -2.19. The smallest absolute Gasteiger partial charge is 0.255 e. The zero-order chi connectivity index (χ0) is 20.2. The Labute approximate surface area is 163 Å². The Bertz CT molecular complexity index is 775. The summed E-state index contributed by atoms with van der Waals surface area (Å²) in [7, 11) is 0.481. The number of aromatic nitrogens is 1. The van der Waals surface area contributed by atoms with Crippen molar-refractivity contribution < 1.29 is 13.2 Å². The van der Waals surface area contributed by atoms with E-state index in [1.807, 2.05) is 45.8 Å². The molecule has 8 heteroatoms. The molecular formula is C19H32N4O3S. The fraction of sp³-hybridized carbons (Fsp3) is 0.684. The molecule has 0 aromatic carbocycles. The lowest BCUT2D eigenvalue weighted by Crippen LogP contribution is -2.35.